The molecule has 0 radical (unpaired) electrons. The number of fused-ring (bicyclic) bond motifs is 1. The number of hydrogen-bond donors (Lipinski definition) is 1. The van der Waals surface area contributed by atoms with Gasteiger partial charge in [-0.3, -0.25) is 4.79 Å². The van der Waals surface area contributed by atoms with Crippen LogP contribution < -0.4 is 5.32 Å². The molecule has 0 fully saturated rings. The minimum absolute atomic E-state index is 0.118. The number of aromatic nitrogens is 1. The minimum atomic E-state index is -0.565. The molecule has 130 valence electrons. The Morgan fingerprint density at radius 1 is 1.29 bits per heavy atom. The number of carbonyl (C=O) groups excluding carboxylic acids is 2. The van der Waals surface area contributed by atoms with Crippen molar-refractivity contribution in [3.63, 3.8) is 0 Å². The molecule has 24 heavy (non-hydrogen) atoms. The molecule has 1 atom stereocenters. The number of esters is 1. The van der Waals surface area contributed by atoms with Crippen molar-refractivity contribution in [3.8, 4) is 0 Å². The molecular formula is C18H24N2O3S. The van der Waals surface area contributed by atoms with Crippen LogP contribution in [0.4, 0.5) is 0 Å². The van der Waals surface area contributed by atoms with Crippen LogP contribution in [0.3, 0.4) is 0 Å². The highest BCUT2D eigenvalue weighted by molar-refractivity contribution is 7.18. The summed E-state index contributed by atoms with van der Waals surface area (Å²) in [6.07, 6.45) is 2.43. The predicted octanol–water partition coefficient (Wildman–Crippen LogP) is 3.32. The van der Waals surface area contributed by atoms with Gasteiger partial charge >= 0.3 is 5.97 Å². The highest BCUT2D eigenvalue weighted by Gasteiger charge is 2.22. The summed E-state index contributed by atoms with van der Waals surface area (Å²) >= 11 is 1.66. The van der Waals surface area contributed by atoms with E-state index < -0.39 is 6.04 Å². The SMILES string of the molecule is COC(=O)C(CC(C)C)NC(=O)CCCc1nc2ccccc2s1. The van der Waals surface area contributed by atoms with Gasteiger partial charge in [0.15, 0.2) is 0 Å². The second-order valence-electron chi connectivity index (χ2n) is 6.20. The van der Waals surface area contributed by atoms with Crippen molar-refractivity contribution in [1.82, 2.24) is 10.3 Å². The first kappa shape index (κ1) is 18.4. The van der Waals surface area contributed by atoms with Crippen molar-refractivity contribution in [2.24, 2.45) is 5.92 Å². The third kappa shape index (κ3) is 5.30. The van der Waals surface area contributed by atoms with Crippen LogP contribution in [0.25, 0.3) is 10.2 Å². The average Bonchev–Trinajstić information content (AvgIpc) is 2.95. The zero-order valence-corrected chi connectivity index (χ0v) is 15.2. The zero-order valence-electron chi connectivity index (χ0n) is 14.4. The van der Waals surface area contributed by atoms with Crippen molar-refractivity contribution >= 4 is 33.4 Å². The van der Waals surface area contributed by atoms with Gasteiger partial charge in [-0.25, -0.2) is 9.78 Å². The topological polar surface area (TPSA) is 68.3 Å². The van der Waals surface area contributed by atoms with Gasteiger partial charge < -0.3 is 10.1 Å². The van der Waals surface area contributed by atoms with E-state index in [4.69, 9.17) is 4.74 Å². The molecule has 2 aromatic rings. The number of ether oxygens (including phenoxy) is 1. The molecule has 5 nitrogen and oxygen atoms in total. The van der Waals surface area contributed by atoms with Crippen molar-refractivity contribution in [1.29, 1.82) is 0 Å². The maximum absolute atomic E-state index is 12.1. The van der Waals surface area contributed by atoms with Crippen LogP contribution in [0.1, 0.15) is 38.1 Å². The van der Waals surface area contributed by atoms with E-state index in [2.05, 4.69) is 16.4 Å². The highest BCUT2D eigenvalue weighted by atomic mass is 32.1. The van der Waals surface area contributed by atoms with E-state index in [1.54, 1.807) is 11.3 Å². The van der Waals surface area contributed by atoms with E-state index in [1.165, 1.54) is 11.8 Å². The third-order valence-electron chi connectivity index (χ3n) is 3.66. The average molecular weight is 348 g/mol. The van der Waals surface area contributed by atoms with Crippen LogP contribution in [0.2, 0.25) is 0 Å². The maximum Gasteiger partial charge on any atom is 0.328 e. The Hall–Kier alpha value is -1.95. The van der Waals surface area contributed by atoms with Gasteiger partial charge in [-0.05, 0) is 37.3 Å². The quantitative estimate of drug-likeness (QED) is 0.743. The molecule has 1 N–H and O–H groups in total. The van der Waals surface area contributed by atoms with E-state index in [0.717, 1.165) is 16.9 Å². The van der Waals surface area contributed by atoms with E-state index >= 15 is 0 Å². The minimum Gasteiger partial charge on any atom is -0.467 e. The highest BCUT2D eigenvalue weighted by Crippen LogP contribution is 2.22. The molecule has 6 heteroatoms. The molecular weight excluding hydrogens is 324 g/mol. The number of methoxy groups -OCH3 is 1. The van der Waals surface area contributed by atoms with Gasteiger partial charge in [0.05, 0.1) is 22.3 Å². The number of thiazole rings is 1. The Bertz CT molecular complexity index is 663. The lowest BCUT2D eigenvalue weighted by Gasteiger charge is -2.18. The first-order valence-corrected chi connectivity index (χ1v) is 9.03. The van der Waals surface area contributed by atoms with Crippen LogP contribution in [-0.2, 0) is 20.7 Å². The Kier molecular flexibility index (Phi) is 6.73. The van der Waals surface area contributed by atoms with Gasteiger partial charge in [0.1, 0.15) is 6.04 Å². The summed E-state index contributed by atoms with van der Waals surface area (Å²) in [5.74, 6) is -0.201. The first-order valence-electron chi connectivity index (χ1n) is 8.21. The molecule has 0 bridgehead atoms. The van der Waals surface area contributed by atoms with Gasteiger partial charge in [0.25, 0.3) is 0 Å². The maximum atomic E-state index is 12.1. The summed E-state index contributed by atoms with van der Waals surface area (Å²) in [5.41, 5.74) is 1.00. The molecule has 0 aliphatic carbocycles. The van der Waals surface area contributed by atoms with E-state index in [9.17, 15) is 9.59 Å². The molecule has 1 aromatic heterocycles. The Morgan fingerprint density at radius 3 is 2.71 bits per heavy atom. The molecule has 0 aliphatic rings. The lowest BCUT2D eigenvalue weighted by atomic mass is 10.0. The van der Waals surface area contributed by atoms with Crippen molar-refractivity contribution in [3.05, 3.63) is 29.3 Å². The molecule has 0 aliphatic heterocycles. The number of benzene rings is 1. The normalized spacial score (nSPS) is 12.3. The van der Waals surface area contributed by atoms with Gasteiger partial charge in [-0.15, -0.1) is 11.3 Å². The molecule has 1 unspecified atom stereocenters. The van der Waals surface area contributed by atoms with Crippen LogP contribution in [0.5, 0.6) is 0 Å². The summed E-state index contributed by atoms with van der Waals surface area (Å²) in [4.78, 5) is 28.4. The zero-order chi connectivity index (χ0) is 17.5. The van der Waals surface area contributed by atoms with Gasteiger partial charge in [0, 0.05) is 6.42 Å². The van der Waals surface area contributed by atoms with Gasteiger partial charge in [-0.1, -0.05) is 26.0 Å². The first-order chi connectivity index (χ1) is 11.5. The summed E-state index contributed by atoms with van der Waals surface area (Å²) in [7, 11) is 1.34. The second-order valence-corrected chi connectivity index (χ2v) is 7.32. The predicted molar refractivity (Wildman–Crippen MR) is 96.0 cm³/mol. The fourth-order valence-corrected chi connectivity index (χ4v) is 3.53. The number of amides is 1. The van der Waals surface area contributed by atoms with Crippen molar-refractivity contribution in [2.45, 2.75) is 45.6 Å². The lowest BCUT2D eigenvalue weighted by molar-refractivity contribution is -0.145. The summed E-state index contributed by atoms with van der Waals surface area (Å²) < 4.78 is 5.93. The fourth-order valence-electron chi connectivity index (χ4n) is 2.52. The Morgan fingerprint density at radius 2 is 2.04 bits per heavy atom. The van der Waals surface area contributed by atoms with Crippen LogP contribution in [0, 0.1) is 5.92 Å². The van der Waals surface area contributed by atoms with Gasteiger partial charge in [0.2, 0.25) is 5.91 Å². The van der Waals surface area contributed by atoms with Crippen LogP contribution in [-0.4, -0.2) is 30.0 Å². The standard InChI is InChI=1S/C18H24N2O3S/c1-12(2)11-14(18(22)23-3)19-16(21)9-6-10-17-20-13-7-4-5-8-15(13)24-17/h4-5,7-8,12,14H,6,9-11H2,1-3H3,(H,19,21). The van der Waals surface area contributed by atoms with E-state index in [0.29, 0.717) is 25.2 Å². The third-order valence-corrected chi connectivity index (χ3v) is 4.76. The van der Waals surface area contributed by atoms with Gasteiger partial charge in [-0.2, -0.15) is 0 Å². The summed E-state index contributed by atoms with van der Waals surface area (Å²) in [5, 5.41) is 3.82. The second kappa shape index (κ2) is 8.78. The van der Waals surface area contributed by atoms with E-state index in [1.807, 2.05) is 32.0 Å². The summed E-state index contributed by atoms with van der Waals surface area (Å²) in [6.45, 7) is 4.02. The number of para-hydroxylation sites is 1. The number of nitrogens with one attached hydrogen (secondary N) is 1. The number of hydrogen-bond acceptors (Lipinski definition) is 5. The molecule has 1 amide bonds. The largest absolute Gasteiger partial charge is 0.467 e. The molecule has 1 aromatic carbocycles. The van der Waals surface area contributed by atoms with Crippen molar-refractivity contribution < 1.29 is 14.3 Å². The van der Waals surface area contributed by atoms with Crippen LogP contribution in [0.15, 0.2) is 24.3 Å². The Labute approximate surface area is 146 Å². The van der Waals surface area contributed by atoms with E-state index in [-0.39, 0.29) is 11.9 Å². The van der Waals surface area contributed by atoms with Crippen molar-refractivity contribution in [2.75, 3.05) is 7.11 Å². The molecule has 1 heterocycles. The number of carbonyl (C=O) groups is 2. The number of aryl methyl sites for hydroxylation is 1. The Balaban J connectivity index is 1.82. The molecule has 0 saturated carbocycles. The number of nitrogens with zero attached hydrogens (tertiary/aromatic N) is 1. The fraction of sp³-hybridized carbons (Fsp3) is 0.500. The molecule has 0 spiro atoms. The monoisotopic (exact) mass is 348 g/mol. The van der Waals surface area contributed by atoms with Crippen LogP contribution >= 0.6 is 11.3 Å². The molecule has 0 saturated heterocycles. The summed E-state index contributed by atoms with van der Waals surface area (Å²) in [6, 6.07) is 7.45. The lowest BCUT2D eigenvalue weighted by Crippen LogP contribution is -2.42. The number of rotatable bonds is 8. The molecule has 2 rings (SSSR count). The smallest absolute Gasteiger partial charge is 0.328 e.